The summed E-state index contributed by atoms with van der Waals surface area (Å²) in [5, 5.41) is 32.4. The maximum atomic E-state index is 11.6. The van der Waals surface area contributed by atoms with E-state index in [4.69, 9.17) is 11.6 Å². The fraction of sp³-hybridized carbons (Fsp3) is 0.0435. The van der Waals surface area contributed by atoms with Crippen molar-refractivity contribution in [2.45, 2.75) is 6.92 Å². The number of para-hydroxylation sites is 1. The second-order valence-electron chi connectivity index (χ2n) is 7.21. The van der Waals surface area contributed by atoms with E-state index in [-0.39, 0.29) is 16.3 Å². The summed E-state index contributed by atoms with van der Waals surface area (Å²) in [7, 11) is 0. The third-order valence-electron chi connectivity index (χ3n) is 5.11. The van der Waals surface area contributed by atoms with Crippen LogP contribution in [0.3, 0.4) is 0 Å². The highest BCUT2D eigenvalue weighted by Gasteiger charge is 2.29. The summed E-state index contributed by atoms with van der Waals surface area (Å²) in [6.07, 6.45) is 0. The van der Waals surface area contributed by atoms with Crippen molar-refractivity contribution >= 4 is 56.5 Å². The number of hydrogen-bond acceptors (Lipinski definition) is 8. The zero-order valence-corrected chi connectivity index (χ0v) is 18.5. The van der Waals surface area contributed by atoms with E-state index in [0.717, 1.165) is 28.2 Å². The molecule has 0 heterocycles. The highest BCUT2D eigenvalue weighted by Crippen LogP contribution is 2.43. The quantitative estimate of drug-likeness (QED) is 0.161. The largest absolute Gasteiger partial charge is 0.308 e. The molecule has 170 valence electrons. The van der Waals surface area contributed by atoms with Crippen molar-refractivity contribution in [3.63, 3.8) is 0 Å². The van der Waals surface area contributed by atoms with Crippen LogP contribution in [0.2, 0.25) is 5.02 Å². The van der Waals surface area contributed by atoms with Crippen molar-refractivity contribution < 1.29 is 9.85 Å². The Hall–Kier alpha value is -4.57. The van der Waals surface area contributed by atoms with Gasteiger partial charge in [-0.2, -0.15) is 0 Å². The first-order valence-corrected chi connectivity index (χ1v) is 10.4. The lowest BCUT2D eigenvalue weighted by molar-refractivity contribution is -0.394. The van der Waals surface area contributed by atoms with E-state index in [0.29, 0.717) is 5.69 Å². The second kappa shape index (κ2) is 9.51. The first-order chi connectivity index (χ1) is 16.4. The minimum Gasteiger partial charge on any atom is -0.301 e. The summed E-state index contributed by atoms with van der Waals surface area (Å²) in [5.41, 5.74) is 7.00. The van der Waals surface area contributed by atoms with Crippen molar-refractivity contribution in [3.05, 3.63) is 104 Å². The molecule has 0 bridgehead atoms. The molecule has 0 unspecified atom stereocenters. The number of anilines is 2. The topological polar surface area (TPSA) is 135 Å². The molecule has 34 heavy (non-hydrogen) atoms. The average molecular weight is 477 g/mol. The number of azo groups is 1. The molecular weight excluding hydrogens is 460 g/mol. The lowest BCUT2D eigenvalue weighted by Crippen LogP contribution is -2.08. The van der Waals surface area contributed by atoms with Crippen LogP contribution >= 0.6 is 11.6 Å². The third-order valence-corrected chi connectivity index (χ3v) is 5.39. The molecule has 4 rings (SSSR count). The Morgan fingerprint density at radius 3 is 2.18 bits per heavy atom. The van der Waals surface area contributed by atoms with Crippen molar-refractivity contribution in [1.82, 2.24) is 0 Å². The van der Waals surface area contributed by atoms with Crippen LogP contribution in [0.5, 0.6) is 0 Å². The zero-order chi connectivity index (χ0) is 24.2. The van der Waals surface area contributed by atoms with Gasteiger partial charge in [0.25, 0.3) is 5.69 Å². The molecule has 0 aliphatic heterocycles. The Kier molecular flexibility index (Phi) is 6.33. The zero-order valence-electron chi connectivity index (χ0n) is 17.7. The number of nitro benzene ring substituents is 2. The molecule has 2 N–H and O–H groups in total. The van der Waals surface area contributed by atoms with Gasteiger partial charge in [0.05, 0.1) is 31.9 Å². The third kappa shape index (κ3) is 4.48. The number of halogens is 1. The predicted octanol–water partition coefficient (Wildman–Crippen LogP) is 7.47. The average Bonchev–Trinajstić information content (AvgIpc) is 2.83. The van der Waals surface area contributed by atoms with E-state index in [2.05, 4.69) is 21.1 Å². The second-order valence-corrected chi connectivity index (χ2v) is 7.62. The molecule has 4 aromatic carbocycles. The number of fused-ring (bicyclic) bond motifs is 1. The molecule has 4 aromatic rings. The molecule has 0 amide bonds. The smallest absolute Gasteiger partial charge is 0.301 e. The van der Waals surface area contributed by atoms with E-state index in [1.165, 1.54) is 6.92 Å². The summed E-state index contributed by atoms with van der Waals surface area (Å²) in [6.45, 7) is 1.28. The van der Waals surface area contributed by atoms with Gasteiger partial charge in [0, 0.05) is 16.8 Å². The Bertz CT molecular complexity index is 1440. The molecule has 11 heteroatoms. The van der Waals surface area contributed by atoms with Crippen LogP contribution in [-0.4, -0.2) is 9.85 Å². The predicted molar refractivity (Wildman–Crippen MR) is 131 cm³/mol. The van der Waals surface area contributed by atoms with Crippen LogP contribution in [0.4, 0.5) is 34.1 Å². The number of rotatable bonds is 7. The van der Waals surface area contributed by atoms with Crippen molar-refractivity contribution in [2.24, 2.45) is 10.2 Å². The molecule has 0 radical (unpaired) electrons. The van der Waals surface area contributed by atoms with E-state index in [1.54, 1.807) is 12.1 Å². The standard InChI is InChI=1S/C23H17ClN6O4/c1-14-21(29(31)32)13-18(24)22(23(14)30(33)34)28-27-20-12-11-19(16-9-5-6-10-17(16)20)26-25-15-7-3-2-4-8-15/h2-13,25-26H,1H3. The van der Waals surface area contributed by atoms with E-state index in [1.807, 2.05) is 54.6 Å². The van der Waals surface area contributed by atoms with Gasteiger partial charge in [-0.15, -0.1) is 10.2 Å². The van der Waals surface area contributed by atoms with Gasteiger partial charge < -0.3 is 10.9 Å². The maximum Gasteiger partial charge on any atom is 0.308 e. The normalized spacial score (nSPS) is 11.0. The van der Waals surface area contributed by atoms with Crippen molar-refractivity contribution in [2.75, 3.05) is 10.9 Å². The van der Waals surface area contributed by atoms with E-state index < -0.39 is 21.2 Å². The molecule has 0 fully saturated rings. The fourth-order valence-corrected chi connectivity index (χ4v) is 3.69. The van der Waals surface area contributed by atoms with Gasteiger partial charge in [0.15, 0.2) is 5.69 Å². The lowest BCUT2D eigenvalue weighted by Gasteiger charge is -2.13. The van der Waals surface area contributed by atoms with Crippen LogP contribution in [-0.2, 0) is 0 Å². The number of hydrogen-bond donors (Lipinski definition) is 2. The van der Waals surface area contributed by atoms with Crippen LogP contribution < -0.4 is 10.9 Å². The number of benzene rings is 4. The minimum atomic E-state index is -0.747. The first kappa shape index (κ1) is 22.6. The monoisotopic (exact) mass is 476 g/mol. The number of hydrazine groups is 1. The summed E-state index contributed by atoms with van der Waals surface area (Å²) in [4.78, 5) is 21.4. The molecule has 10 nitrogen and oxygen atoms in total. The summed E-state index contributed by atoms with van der Waals surface area (Å²) >= 11 is 6.12. The number of nitro groups is 2. The van der Waals surface area contributed by atoms with Gasteiger partial charge in [-0.05, 0) is 31.2 Å². The van der Waals surface area contributed by atoms with E-state index in [9.17, 15) is 20.2 Å². The SMILES string of the molecule is Cc1c([N+](=O)[O-])cc(Cl)c(N=Nc2ccc(NNc3ccccc3)c3ccccc23)c1[N+](=O)[O-]. The number of nitrogens with zero attached hydrogens (tertiary/aromatic N) is 4. The Balaban J connectivity index is 1.73. The van der Waals surface area contributed by atoms with Crippen LogP contribution in [0.15, 0.2) is 83.0 Å². The lowest BCUT2D eigenvalue weighted by atomic mass is 10.1. The Morgan fingerprint density at radius 1 is 0.824 bits per heavy atom. The van der Waals surface area contributed by atoms with Crippen molar-refractivity contribution in [1.29, 1.82) is 0 Å². The molecule has 0 aromatic heterocycles. The van der Waals surface area contributed by atoms with Gasteiger partial charge in [0.1, 0.15) is 5.56 Å². The highest BCUT2D eigenvalue weighted by molar-refractivity contribution is 6.33. The molecular formula is C23H17ClN6O4. The minimum absolute atomic E-state index is 0.148. The van der Waals surface area contributed by atoms with Gasteiger partial charge in [-0.25, -0.2) is 0 Å². The maximum absolute atomic E-state index is 11.6. The van der Waals surface area contributed by atoms with Gasteiger partial charge in [-0.1, -0.05) is 54.1 Å². The van der Waals surface area contributed by atoms with Gasteiger partial charge >= 0.3 is 5.69 Å². The number of nitrogens with one attached hydrogen (secondary N) is 2. The van der Waals surface area contributed by atoms with Crippen LogP contribution in [0.1, 0.15) is 5.56 Å². The van der Waals surface area contributed by atoms with Crippen LogP contribution in [0, 0.1) is 27.2 Å². The van der Waals surface area contributed by atoms with Gasteiger partial charge in [0.2, 0.25) is 0 Å². The fourth-order valence-electron chi connectivity index (χ4n) is 3.46. The molecule has 0 saturated heterocycles. The Labute approximate surface area is 198 Å². The Morgan fingerprint density at radius 2 is 1.50 bits per heavy atom. The molecule has 0 aliphatic carbocycles. The van der Waals surface area contributed by atoms with Gasteiger partial charge in [-0.3, -0.25) is 20.2 Å². The molecule has 0 aliphatic rings. The molecule has 0 atom stereocenters. The van der Waals surface area contributed by atoms with Crippen LogP contribution in [0.25, 0.3) is 10.8 Å². The molecule has 0 spiro atoms. The molecule has 0 saturated carbocycles. The highest BCUT2D eigenvalue weighted by atomic mass is 35.5. The summed E-state index contributed by atoms with van der Waals surface area (Å²) in [6, 6.07) is 21.6. The summed E-state index contributed by atoms with van der Waals surface area (Å²) in [5.74, 6) is 0. The van der Waals surface area contributed by atoms with Crippen molar-refractivity contribution in [3.8, 4) is 0 Å². The van der Waals surface area contributed by atoms with E-state index >= 15 is 0 Å². The first-order valence-electron chi connectivity index (χ1n) is 9.99. The summed E-state index contributed by atoms with van der Waals surface area (Å²) < 4.78 is 0.